The standard InChI is InChI=1S/C27H24N2O7/c1-3-34-27(32)19-5-9-20(10-6-19)28-26(31)22(14-17-4-13-23-24(15-17)36-16-35-23)29-25(30)18-7-11-21(33-2)12-8-18/h4-13,15H,3,14,16H2,1-2H3,(H,28,31). The number of esters is 1. The van der Waals surface area contributed by atoms with Crippen LogP contribution in [0.15, 0.2) is 71.7 Å². The van der Waals surface area contributed by atoms with Crippen molar-refractivity contribution in [2.24, 2.45) is 4.99 Å². The molecule has 9 heteroatoms. The molecule has 0 aliphatic carbocycles. The van der Waals surface area contributed by atoms with E-state index in [1.165, 1.54) is 7.11 Å². The minimum atomic E-state index is -0.568. The zero-order valence-corrected chi connectivity index (χ0v) is 19.8. The lowest BCUT2D eigenvalue weighted by molar-refractivity contribution is -0.110. The lowest BCUT2D eigenvalue weighted by Crippen LogP contribution is -2.26. The van der Waals surface area contributed by atoms with Crippen LogP contribution < -0.4 is 19.5 Å². The van der Waals surface area contributed by atoms with Gasteiger partial charge in [0.1, 0.15) is 11.5 Å². The Bertz CT molecular complexity index is 1300. The summed E-state index contributed by atoms with van der Waals surface area (Å²) in [5.74, 6) is 0.186. The first-order chi connectivity index (χ1) is 17.5. The van der Waals surface area contributed by atoms with Gasteiger partial charge in [0.05, 0.1) is 19.3 Å². The average Bonchev–Trinajstić information content (AvgIpc) is 3.37. The largest absolute Gasteiger partial charge is 0.497 e. The Morgan fingerprint density at radius 1 is 0.917 bits per heavy atom. The second kappa shape index (κ2) is 11.2. The number of ether oxygens (including phenoxy) is 4. The van der Waals surface area contributed by atoms with E-state index < -0.39 is 17.8 Å². The molecule has 9 nitrogen and oxygen atoms in total. The molecule has 3 aromatic carbocycles. The number of carbonyl (C=O) groups excluding carboxylic acids is 3. The third-order valence-electron chi connectivity index (χ3n) is 5.30. The van der Waals surface area contributed by atoms with Crippen molar-refractivity contribution in [1.82, 2.24) is 0 Å². The first-order valence-electron chi connectivity index (χ1n) is 11.2. The van der Waals surface area contributed by atoms with Crippen molar-refractivity contribution in [3.05, 3.63) is 83.4 Å². The maximum absolute atomic E-state index is 13.2. The Balaban J connectivity index is 1.57. The summed E-state index contributed by atoms with van der Waals surface area (Å²) in [6.07, 6.45) is 0.0747. The van der Waals surface area contributed by atoms with Crippen LogP contribution in [0.4, 0.5) is 5.69 Å². The molecule has 0 atom stereocenters. The molecular weight excluding hydrogens is 464 g/mol. The van der Waals surface area contributed by atoms with Gasteiger partial charge in [-0.25, -0.2) is 9.79 Å². The van der Waals surface area contributed by atoms with E-state index in [1.807, 2.05) is 0 Å². The van der Waals surface area contributed by atoms with E-state index in [0.29, 0.717) is 39.6 Å². The molecule has 0 aromatic heterocycles. The van der Waals surface area contributed by atoms with Crippen LogP contribution in [0.5, 0.6) is 17.2 Å². The number of nitrogens with zero attached hydrogens (tertiary/aromatic N) is 1. The summed E-state index contributed by atoms with van der Waals surface area (Å²) in [6.45, 7) is 2.11. The number of fused-ring (bicyclic) bond motifs is 1. The summed E-state index contributed by atoms with van der Waals surface area (Å²) in [5, 5.41) is 2.74. The van der Waals surface area contributed by atoms with Crippen molar-refractivity contribution in [3.8, 4) is 17.2 Å². The summed E-state index contributed by atoms with van der Waals surface area (Å²) in [6, 6.07) is 18.0. The van der Waals surface area contributed by atoms with E-state index >= 15 is 0 Å². The Hall–Kier alpha value is -4.66. The number of methoxy groups -OCH3 is 1. The van der Waals surface area contributed by atoms with Gasteiger partial charge in [-0.3, -0.25) is 9.59 Å². The molecule has 0 radical (unpaired) electrons. The van der Waals surface area contributed by atoms with E-state index in [1.54, 1.807) is 73.7 Å². The van der Waals surface area contributed by atoms with Crippen LogP contribution in [0.1, 0.15) is 33.2 Å². The van der Waals surface area contributed by atoms with Gasteiger partial charge in [-0.15, -0.1) is 0 Å². The van der Waals surface area contributed by atoms with Crippen molar-refractivity contribution < 1.29 is 33.3 Å². The number of hydrogen-bond acceptors (Lipinski definition) is 7. The highest BCUT2D eigenvalue weighted by molar-refractivity contribution is 6.45. The van der Waals surface area contributed by atoms with Crippen molar-refractivity contribution in [2.75, 3.05) is 25.8 Å². The molecule has 0 saturated heterocycles. The second-order valence-electron chi connectivity index (χ2n) is 7.71. The van der Waals surface area contributed by atoms with Crippen LogP contribution in [0.2, 0.25) is 0 Å². The van der Waals surface area contributed by atoms with Gasteiger partial charge in [-0.2, -0.15) is 0 Å². The normalized spacial score (nSPS) is 12.1. The number of carbonyl (C=O) groups is 3. The number of hydrogen-bond donors (Lipinski definition) is 1. The Kier molecular flexibility index (Phi) is 7.60. The molecule has 0 unspecified atom stereocenters. The fourth-order valence-electron chi connectivity index (χ4n) is 3.44. The molecule has 0 spiro atoms. The highest BCUT2D eigenvalue weighted by atomic mass is 16.7. The van der Waals surface area contributed by atoms with Crippen LogP contribution in [0, 0.1) is 0 Å². The van der Waals surface area contributed by atoms with Crippen LogP contribution >= 0.6 is 0 Å². The van der Waals surface area contributed by atoms with Crippen molar-refractivity contribution in [3.63, 3.8) is 0 Å². The number of aliphatic imine (C=N–C) groups is 1. The Morgan fingerprint density at radius 3 is 2.31 bits per heavy atom. The number of nitrogens with one attached hydrogen (secondary N) is 1. The summed E-state index contributed by atoms with van der Waals surface area (Å²) in [4.78, 5) is 42.1. The fraction of sp³-hybridized carbons (Fsp3) is 0.185. The maximum Gasteiger partial charge on any atom is 0.338 e. The van der Waals surface area contributed by atoms with Crippen LogP contribution in [-0.2, 0) is 16.0 Å². The molecule has 4 rings (SSSR count). The number of rotatable bonds is 8. The summed E-state index contributed by atoms with van der Waals surface area (Å²) >= 11 is 0. The van der Waals surface area contributed by atoms with Gasteiger partial charge in [0.25, 0.3) is 11.8 Å². The lowest BCUT2D eigenvalue weighted by Gasteiger charge is -2.10. The molecule has 2 amide bonds. The molecule has 3 aromatic rings. The van der Waals surface area contributed by atoms with E-state index in [-0.39, 0.29) is 25.5 Å². The Morgan fingerprint density at radius 2 is 1.61 bits per heavy atom. The number of anilines is 1. The van der Waals surface area contributed by atoms with Crippen LogP contribution in [0.25, 0.3) is 0 Å². The average molecular weight is 488 g/mol. The van der Waals surface area contributed by atoms with E-state index in [0.717, 1.165) is 0 Å². The smallest absolute Gasteiger partial charge is 0.338 e. The molecule has 0 bridgehead atoms. The lowest BCUT2D eigenvalue weighted by atomic mass is 10.1. The van der Waals surface area contributed by atoms with E-state index in [4.69, 9.17) is 18.9 Å². The third kappa shape index (κ3) is 5.87. The predicted molar refractivity (Wildman–Crippen MR) is 132 cm³/mol. The monoisotopic (exact) mass is 488 g/mol. The quantitative estimate of drug-likeness (QED) is 0.376. The highest BCUT2D eigenvalue weighted by Crippen LogP contribution is 2.32. The molecule has 184 valence electrons. The zero-order chi connectivity index (χ0) is 25.5. The van der Waals surface area contributed by atoms with Crippen molar-refractivity contribution >= 4 is 29.2 Å². The van der Waals surface area contributed by atoms with Gasteiger partial charge in [0.2, 0.25) is 6.79 Å². The number of amides is 2. The predicted octanol–water partition coefficient (Wildman–Crippen LogP) is 4.06. The minimum Gasteiger partial charge on any atom is -0.497 e. The first-order valence-corrected chi connectivity index (χ1v) is 11.2. The van der Waals surface area contributed by atoms with Gasteiger partial charge in [-0.05, 0) is 73.2 Å². The van der Waals surface area contributed by atoms with Gasteiger partial charge >= 0.3 is 5.97 Å². The molecule has 0 saturated carbocycles. The zero-order valence-electron chi connectivity index (χ0n) is 19.8. The van der Waals surface area contributed by atoms with Gasteiger partial charge in [-0.1, -0.05) is 6.07 Å². The molecule has 1 aliphatic heterocycles. The second-order valence-corrected chi connectivity index (χ2v) is 7.71. The van der Waals surface area contributed by atoms with Gasteiger partial charge < -0.3 is 24.3 Å². The molecular formula is C27H24N2O7. The Labute approximate surface area is 207 Å². The van der Waals surface area contributed by atoms with Crippen LogP contribution in [-0.4, -0.2) is 44.0 Å². The minimum absolute atomic E-state index is 0.00384. The SMILES string of the molecule is CCOC(=O)c1ccc(NC(=O)C(Cc2ccc3c(c2)OCO3)=NC(=O)c2ccc(OC)cc2)cc1. The van der Waals surface area contributed by atoms with E-state index in [9.17, 15) is 14.4 Å². The fourth-order valence-corrected chi connectivity index (χ4v) is 3.44. The molecule has 1 aliphatic rings. The molecule has 1 heterocycles. The molecule has 1 N–H and O–H groups in total. The first kappa shape index (κ1) is 24.5. The topological polar surface area (TPSA) is 113 Å². The van der Waals surface area contributed by atoms with Crippen molar-refractivity contribution in [2.45, 2.75) is 13.3 Å². The van der Waals surface area contributed by atoms with E-state index in [2.05, 4.69) is 10.3 Å². The van der Waals surface area contributed by atoms with Crippen LogP contribution in [0.3, 0.4) is 0 Å². The number of benzene rings is 3. The third-order valence-corrected chi connectivity index (χ3v) is 5.30. The summed E-state index contributed by atoms with van der Waals surface area (Å²) < 4.78 is 20.9. The van der Waals surface area contributed by atoms with Gasteiger partial charge in [0, 0.05) is 17.7 Å². The summed E-state index contributed by atoms with van der Waals surface area (Å²) in [5.41, 5.74) is 1.82. The highest BCUT2D eigenvalue weighted by Gasteiger charge is 2.19. The maximum atomic E-state index is 13.2. The molecule has 36 heavy (non-hydrogen) atoms. The summed E-state index contributed by atoms with van der Waals surface area (Å²) in [7, 11) is 1.53. The molecule has 0 fully saturated rings. The van der Waals surface area contributed by atoms with Crippen molar-refractivity contribution in [1.29, 1.82) is 0 Å². The van der Waals surface area contributed by atoms with Gasteiger partial charge in [0.15, 0.2) is 11.5 Å².